The summed E-state index contributed by atoms with van der Waals surface area (Å²) in [6, 6.07) is 18.2. The van der Waals surface area contributed by atoms with Gasteiger partial charge in [-0.15, -0.1) is 0 Å². The number of nitrogens with zero attached hydrogens (tertiary/aromatic N) is 3. The van der Waals surface area contributed by atoms with Crippen molar-refractivity contribution in [2.45, 2.75) is 85.4 Å². The average molecular weight is 740 g/mol. The molecule has 290 valence electrons. The van der Waals surface area contributed by atoms with E-state index in [4.69, 9.17) is 4.98 Å². The second kappa shape index (κ2) is 22.2. The molecular formula is C48H61N5O2. The van der Waals surface area contributed by atoms with Crippen LogP contribution < -0.4 is 15.5 Å². The number of aromatic nitrogens is 1. The van der Waals surface area contributed by atoms with Crippen LogP contribution in [-0.2, 0) is 6.54 Å². The van der Waals surface area contributed by atoms with E-state index in [2.05, 4.69) is 66.5 Å². The number of piperidine rings is 2. The van der Waals surface area contributed by atoms with Gasteiger partial charge in [-0.1, -0.05) is 106 Å². The Morgan fingerprint density at radius 3 is 1.89 bits per heavy atom. The topological polar surface area (TPSA) is 77.6 Å². The van der Waals surface area contributed by atoms with E-state index in [1.54, 1.807) is 0 Å². The standard InChI is InChI=1S/C45H53N5O2.C3H8/c1-6-10-13-35(8-3)37-15-12-16-38(29-37)44(51)47-40-21-25-49(26-22-40)32-34-18-20-43(46-31-34)50-27-23-41(24-28-50)48-45(52)39-19-17-33(5)42(30-39)36(9-4)14-11-7-2;1-3-2/h6-20,29-31,40-41H,3-4,21-28,32H2,1-2,5H3,(H,47,51)(H,48,52);3H2,1-2H3/b10-6-,11-7-,35-13+,36-14+;. The molecule has 0 unspecified atom stereocenters. The van der Waals surface area contributed by atoms with E-state index in [0.29, 0.717) is 11.1 Å². The Balaban J connectivity index is 0.00000217. The van der Waals surface area contributed by atoms with E-state index in [1.165, 1.54) is 12.0 Å². The molecule has 2 saturated heterocycles. The quantitative estimate of drug-likeness (QED) is 0.171. The molecule has 3 aromatic rings. The van der Waals surface area contributed by atoms with Gasteiger partial charge in [-0.25, -0.2) is 4.98 Å². The fraction of sp³-hybridized carbons (Fsp3) is 0.354. The molecule has 2 N–H and O–H groups in total. The maximum Gasteiger partial charge on any atom is 0.251 e. The molecule has 0 spiro atoms. The zero-order valence-electron chi connectivity index (χ0n) is 33.7. The number of rotatable bonds is 13. The van der Waals surface area contributed by atoms with Crippen molar-refractivity contribution in [3.63, 3.8) is 0 Å². The molecule has 0 saturated carbocycles. The van der Waals surface area contributed by atoms with Crippen molar-refractivity contribution in [1.82, 2.24) is 20.5 Å². The van der Waals surface area contributed by atoms with Crippen LogP contribution in [-0.4, -0.2) is 60.0 Å². The summed E-state index contributed by atoms with van der Waals surface area (Å²) < 4.78 is 0. The molecule has 0 radical (unpaired) electrons. The highest BCUT2D eigenvalue weighted by molar-refractivity contribution is 5.96. The van der Waals surface area contributed by atoms with Gasteiger partial charge in [0.15, 0.2) is 0 Å². The highest BCUT2D eigenvalue weighted by Crippen LogP contribution is 2.24. The van der Waals surface area contributed by atoms with Crippen LogP contribution in [0, 0.1) is 6.92 Å². The first-order chi connectivity index (χ1) is 26.7. The minimum Gasteiger partial charge on any atom is -0.356 e. The monoisotopic (exact) mass is 739 g/mol. The molecule has 3 heterocycles. The Morgan fingerprint density at radius 2 is 1.33 bits per heavy atom. The predicted octanol–water partition coefficient (Wildman–Crippen LogP) is 9.89. The van der Waals surface area contributed by atoms with Crippen molar-refractivity contribution in [2.24, 2.45) is 0 Å². The number of nitrogens with one attached hydrogen (secondary N) is 2. The van der Waals surface area contributed by atoms with Gasteiger partial charge in [-0.2, -0.15) is 0 Å². The molecule has 0 atom stereocenters. The SMILES string of the molecule is C=C/C(=C\C=C/C)c1cccc(C(=O)NC2CCN(Cc3ccc(N4CCC(NC(=O)c5ccc(C)c(/C(C=C)=C/C=C\C)c5)CC4)nc3)CC2)c1.CCC. The lowest BCUT2D eigenvalue weighted by Crippen LogP contribution is -2.45. The number of hydrogen-bond donors (Lipinski definition) is 2. The minimum atomic E-state index is -0.0379. The molecule has 0 aliphatic carbocycles. The van der Waals surface area contributed by atoms with E-state index in [-0.39, 0.29) is 23.9 Å². The molecule has 2 fully saturated rings. The number of hydrogen-bond acceptors (Lipinski definition) is 5. The predicted molar refractivity (Wildman–Crippen MR) is 232 cm³/mol. The van der Waals surface area contributed by atoms with E-state index < -0.39 is 0 Å². The molecule has 5 rings (SSSR count). The Labute approximate surface area is 330 Å². The molecule has 2 aliphatic heterocycles. The van der Waals surface area contributed by atoms with Crippen LogP contribution in [0.3, 0.4) is 0 Å². The first kappa shape index (κ1) is 42.5. The number of pyridine rings is 1. The lowest BCUT2D eigenvalue weighted by atomic mass is 9.97. The summed E-state index contributed by atoms with van der Waals surface area (Å²) in [5.74, 6) is 0.908. The van der Waals surface area contributed by atoms with Gasteiger partial charge in [0, 0.05) is 62.1 Å². The van der Waals surface area contributed by atoms with Crippen LogP contribution in [0.25, 0.3) is 11.1 Å². The second-order valence-electron chi connectivity index (χ2n) is 14.3. The molecular weight excluding hydrogens is 679 g/mol. The van der Waals surface area contributed by atoms with Crippen LogP contribution in [0.4, 0.5) is 5.82 Å². The van der Waals surface area contributed by atoms with Crippen LogP contribution in [0.15, 0.2) is 123 Å². The highest BCUT2D eigenvalue weighted by Gasteiger charge is 2.24. The molecule has 7 heteroatoms. The van der Waals surface area contributed by atoms with Gasteiger partial charge in [-0.05, 0) is 110 Å². The Bertz CT molecular complexity index is 1850. The molecule has 1 aromatic heterocycles. The Hall–Kier alpha value is -5.27. The number of amides is 2. The summed E-state index contributed by atoms with van der Waals surface area (Å²) in [7, 11) is 0. The number of benzene rings is 2. The third-order valence-electron chi connectivity index (χ3n) is 9.94. The lowest BCUT2D eigenvalue weighted by Gasteiger charge is -2.34. The number of allylic oxidation sites excluding steroid dienone is 10. The van der Waals surface area contributed by atoms with E-state index in [0.717, 1.165) is 92.1 Å². The van der Waals surface area contributed by atoms with Crippen LogP contribution >= 0.6 is 0 Å². The molecule has 55 heavy (non-hydrogen) atoms. The second-order valence-corrected chi connectivity index (χ2v) is 14.3. The molecule has 2 aromatic carbocycles. The maximum atomic E-state index is 13.2. The van der Waals surface area contributed by atoms with E-state index in [9.17, 15) is 9.59 Å². The zero-order chi connectivity index (χ0) is 39.6. The molecule has 7 nitrogen and oxygen atoms in total. The van der Waals surface area contributed by atoms with Gasteiger partial charge in [0.05, 0.1) is 0 Å². The van der Waals surface area contributed by atoms with Crippen molar-refractivity contribution in [3.8, 4) is 0 Å². The third-order valence-corrected chi connectivity index (χ3v) is 9.94. The van der Waals surface area contributed by atoms with Crippen molar-refractivity contribution in [3.05, 3.63) is 156 Å². The average Bonchev–Trinajstić information content (AvgIpc) is 3.21. The van der Waals surface area contributed by atoms with Gasteiger partial charge in [0.25, 0.3) is 11.8 Å². The summed E-state index contributed by atoms with van der Waals surface area (Å²) in [6.07, 6.45) is 22.4. The number of carbonyl (C=O) groups is 2. The van der Waals surface area contributed by atoms with Gasteiger partial charge in [-0.3, -0.25) is 14.5 Å². The molecule has 2 aliphatic rings. The smallest absolute Gasteiger partial charge is 0.251 e. The van der Waals surface area contributed by atoms with Gasteiger partial charge in [0.2, 0.25) is 0 Å². The summed E-state index contributed by atoms with van der Waals surface area (Å²) in [5, 5.41) is 6.52. The van der Waals surface area contributed by atoms with Crippen molar-refractivity contribution in [1.29, 1.82) is 0 Å². The summed E-state index contributed by atoms with van der Waals surface area (Å²) in [6.45, 7) is 22.5. The Kier molecular flexibility index (Phi) is 17.1. The largest absolute Gasteiger partial charge is 0.356 e. The van der Waals surface area contributed by atoms with E-state index in [1.807, 2.05) is 111 Å². The molecule has 2 amide bonds. The van der Waals surface area contributed by atoms with Gasteiger partial charge in [0.1, 0.15) is 5.82 Å². The summed E-state index contributed by atoms with van der Waals surface area (Å²) in [4.78, 5) is 35.9. The van der Waals surface area contributed by atoms with Crippen LogP contribution in [0.5, 0.6) is 0 Å². The van der Waals surface area contributed by atoms with Crippen molar-refractivity contribution >= 4 is 28.8 Å². The fourth-order valence-corrected chi connectivity index (χ4v) is 6.85. The third kappa shape index (κ3) is 12.6. The summed E-state index contributed by atoms with van der Waals surface area (Å²) >= 11 is 0. The normalized spacial score (nSPS) is 16.1. The fourth-order valence-electron chi connectivity index (χ4n) is 6.85. The zero-order valence-corrected chi connectivity index (χ0v) is 33.7. The first-order valence-corrected chi connectivity index (χ1v) is 19.9. The van der Waals surface area contributed by atoms with Crippen molar-refractivity contribution in [2.75, 3.05) is 31.1 Å². The molecule has 0 bridgehead atoms. The van der Waals surface area contributed by atoms with Gasteiger partial charge < -0.3 is 15.5 Å². The van der Waals surface area contributed by atoms with Crippen LogP contribution in [0.1, 0.15) is 103 Å². The van der Waals surface area contributed by atoms with E-state index >= 15 is 0 Å². The number of likely N-dealkylation sites (tertiary alicyclic amines) is 1. The van der Waals surface area contributed by atoms with Crippen LogP contribution in [0.2, 0.25) is 0 Å². The highest BCUT2D eigenvalue weighted by atomic mass is 16.2. The van der Waals surface area contributed by atoms with Crippen molar-refractivity contribution < 1.29 is 9.59 Å². The number of anilines is 1. The minimum absolute atomic E-state index is 0.0305. The first-order valence-electron chi connectivity index (χ1n) is 19.9. The Morgan fingerprint density at radius 1 is 0.764 bits per heavy atom. The number of carbonyl (C=O) groups excluding carboxylic acids is 2. The summed E-state index contributed by atoms with van der Waals surface area (Å²) in [5.41, 5.74) is 7.61. The lowest BCUT2D eigenvalue weighted by molar-refractivity contribution is 0.0906. The maximum absolute atomic E-state index is 13.2. The van der Waals surface area contributed by atoms with Gasteiger partial charge >= 0.3 is 0 Å². The number of aryl methyl sites for hydroxylation is 1.